The number of amides is 1. The molecule has 4 nitrogen and oxygen atoms in total. The molecule has 0 saturated heterocycles. The van der Waals surface area contributed by atoms with Crippen LogP contribution in [-0.4, -0.2) is 10.9 Å². The maximum atomic E-state index is 13.3. The zero-order valence-electron chi connectivity index (χ0n) is 9.45. The summed E-state index contributed by atoms with van der Waals surface area (Å²) < 4.78 is 39.4. The number of rotatable bonds is 2. The summed E-state index contributed by atoms with van der Waals surface area (Å²) >= 11 is 0. The molecule has 1 amide bonds. The van der Waals surface area contributed by atoms with Gasteiger partial charge >= 0.3 is 0 Å². The van der Waals surface area contributed by atoms with Gasteiger partial charge in [0, 0.05) is 24.0 Å². The largest absolute Gasteiger partial charge is 0.399 e. The first-order valence-corrected chi connectivity index (χ1v) is 5.15. The van der Waals surface area contributed by atoms with Crippen LogP contribution in [0.4, 0.5) is 24.5 Å². The minimum Gasteiger partial charge on any atom is -0.399 e. The highest BCUT2D eigenvalue weighted by molar-refractivity contribution is 6.03. The van der Waals surface area contributed by atoms with Crippen LogP contribution in [0, 0.1) is 17.5 Å². The summed E-state index contributed by atoms with van der Waals surface area (Å²) in [5, 5.41) is 1.98. The molecule has 1 aromatic carbocycles. The molecule has 0 saturated carbocycles. The van der Waals surface area contributed by atoms with Crippen molar-refractivity contribution < 1.29 is 18.0 Å². The number of carbonyl (C=O) groups is 1. The van der Waals surface area contributed by atoms with Crippen LogP contribution in [-0.2, 0) is 0 Å². The molecule has 1 aromatic heterocycles. The van der Waals surface area contributed by atoms with Crippen molar-refractivity contribution in [2.24, 2.45) is 0 Å². The monoisotopic (exact) mass is 267 g/mol. The van der Waals surface area contributed by atoms with Gasteiger partial charge in [-0.3, -0.25) is 9.78 Å². The molecule has 2 aromatic rings. The topological polar surface area (TPSA) is 68.0 Å². The summed E-state index contributed by atoms with van der Waals surface area (Å²) in [6.07, 6.45) is 1.28. The Labute approximate surface area is 106 Å². The first-order valence-electron chi connectivity index (χ1n) is 5.15. The smallest absolute Gasteiger partial charge is 0.274 e. The van der Waals surface area contributed by atoms with Gasteiger partial charge in [-0.2, -0.15) is 0 Å². The lowest BCUT2D eigenvalue weighted by Crippen LogP contribution is -2.16. The van der Waals surface area contributed by atoms with Gasteiger partial charge in [0.05, 0.1) is 0 Å². The van der Waals surface area contributed by atoms with Crippen LogP contribution in [0.5, 0.6) is 0 Å². The molecule has 19 heavy (non-hydrogen) atoms. The fourth-order valence-electron chi connectivity index (χ4n) is 1.41. The van der Waals surface area contributed by atoms with Crippen LogP contribution in [0.25, 0.3) is 0 Å². The highest BCUT2D eigenvalue weighted by Gasteiger charge is 2.16. The number of aromatic nitrogens is 1. The fourth-order valence-corrected chi connectivity index (χ4v) is 1.41. The molecule has 0 aliphatic carbocycles. The Morgan fingerprint density at radius 2 is 1.79 bits per heavy atom. The van der Waals surface area contributed by atoms with E-state index in [0.717, 1.165) is 0 Å². The van der Waals surface area contributed by atoms with Gasteiger partial charge in [0.15, 0.2) is 11.6 Å². The Morgan fingerprint density at radius 3 is 2.37 bits per heavy atom. The minimum atomic E-state index is -1.21. The molecule has 0 fully saturated rings. The molecule has 0 radical (unpaired) electrons. The molecule has 0 bridgehead atoms. The normalized spacial score (nSPS) is 10.3. The van der Waals surface area contributed by atoms with Gasteiger partial charge in [0.1, 0.15) is 17.2 Å². The van der Waals surface area contributed by atoms with E-state index in [4.69, 9.17) is 5.73 Å². The van der Waals surface area contributed by atoms with Gasteiger partial charge in [0.25, 0.3) is 5.91 Å². The number of halogens is 3. The second-order valence-corrected chi connectivity index (χ2v) is 3.67. The third kappa shape index (κ3) is 2.82. The standard InChI is InChI=1S/C12H8F3N3O/c13-6-3-8(14)11(9(15)4-6)18-12(19)10-5-7(16)1-2-17-10/h1-5H,(H2,16,17)(H,18,19). The van der Waals surface area contributed by atoms with E-state index in [9.17, 15) is 18.0 Å². The quantitative estimate of drug-likeness (QED) is 0.877. The van der Waals surface area contributed by atoms with Crippen LogP contribution >= 0.6 is 0 Å². The molecule has 0 atom stereocenters. The Hall–Kier alpha value is -2.57. The summed E-state index contributed by atoms with van der Waals surface area (Å²) in [5.74, 6) is -4.35. The van der Waals surface area contributed by atoms with Crippen molar-refractivity contribution in [3.8, 4) is 0 Å². The van der Waals surface area contributed by atoms with Crippen molar-refractivity contribution >= 4 is 17.3 Å². The number of nitrogen functional groups attached to an aromatic ring is 1. The van der Waals surface area contributed by atoms with Crippen molar-refractivity contribution in [1.29, 1.82) is 0 Å². The summed E-state index contributed by atoms with van der Waals surface area (Å²) in [6.45, 7) is 0. The molecule has 0 aliphatic heterocycles. The molecular formula is C12H8F3N3O. The lowest BCUT2D eigenvalue weighted by molar-refractivity contribution is 0.102. The van der Waals surface area contributed by atoms with Gasteiger partial charge in [-0.1, -0.05) is 0 Å². The van der Waals surface area contributed by atoms with Crippen molar-refractivity contribution in [3.05, 3.63) is 53.6 Å². The predicted molar refractivity (Wildman–Crippen MR) is 62.9 cm³/mol. The van der Waals surface area contributed by atoms with E-state index >= 15 is 0 Å². The molecule has 0 aliphatic rings. The average molecular weight is 267 g/mol. The maximum Gasteiger partial charge on any atom is 0.274 e. The van der Waals surface area contributed by atoms with Crippen molar-refractivity contribution in [2.45, 2.75) is 0 Å². The molecule has 0 unspecified atom stereocenters. The maximum absolute atomic E-state index is 13.3. The average Bonchev–Trinajstić information content (AvgIpc) is 2.33. The SMILES string of the molecule is Nc1ccnc(C(=O)Nc2c(F)cc(F)cc2F)c1. The third-order valence-corrected chi connectivity index (χ3v) is 2.26. The van der Waals surface area contributed by atoms with E-state index in [1.54, 1.807) is 0 Å². The minimum absolute atomic E-state index is 0.108. The van der Waals surface area contributed by atoms with Gasteiger partial charge < -0.3 is 11.1 Å². The van der Waals surface area contributed by atoms with Crippen LogP contribution < -0.4 is 11.1 Å². The van der Waals surface area contributed by atoms with Crippen molar-refractivity contribution in [2.75, 3.05) is 11.1 Å². The Balaban J connectivity index is 2.29. The first-order chi connectivity index (χ1) is 8.97. The number of nitrogens with two attached hydrogens (primary N) is 1. The molecule has 3 N–H and O–H groups in total. The van der Waals surface area contributed by atoms with Crippen LogP contribution in [0.3, 0.4) is 0 Å². The molecule has 1 heterocycles. The van der Waals surface area contributed by atoms with Crippen LogP contribution in [0.15, 0.2) is 30.5 Å². The van der Waals surface area contributed by atoms with E-state index in [2.05, 4.69) is 4.98 Å². The second-order valence-electron chi connectivity index (χ2n) is 3.67. The molecule has 7 heteroatoms. The second kappa shape index (κ2) is 4.97. The van der Waals surface area contributed by atoms with E-state index in [1.165, 1.54) is 18.3 Å². The van der Waals surface area contributed by atoms with Crippen LogP contribution in [0.1, 0.15) is 10.5 Å². The number of hydrogen-bond donors (Lipinski definition) is 2. The summed E-state index contributed by atoms with van der Waals surface area (Å²) in [6, 6.07) is 3.63. The van der Waals surface area contributed by atoms with Gasteiger partial charge in [-0.25, -0.2) is 13.2 Å². The number of carbonyl (C=O) groups excluding carboxylic acids is 1. The fraction of sp³-hybridized carbons (Fsp3) is 0. The van der Waals surface area contributed by atoms with E-state index in [0.29, 0.717) is 12.1 Å². The molecule has 98 valence electrons. The lowest BCUT2D eigenvalue weighted by Gasteiger charge is -2.07. The third-order valence-electron chi connectivity index (χ3n) is 2.26. The Kier molecular flexibility index (Phi) is 3.37. The summed E-state index contributed by atoms with van der Waals surface area (Å²) in [4.78, 5) is 15.4. The number of anilines is 2. The lowest BCUT2D eigenvalue weighted by atomic mass is 10.2. The van der Waals surface area contributed by atoms with E-state index in [-0.39, 0.29) is 11.4 Å². The van der Waals surface area contributed by atoms with Crippen LogP contribution in [0.2, 0.25) is 0 Å². The number of pyridine rings is 1. The van der Waals surface area contributed by atoms with Gasteiger partial charge in [-0.05, 0) is 12.1 Å². The number of nitrogens with one attached hydrogen (secondary N) is 1. The number of benzene rings is 1. The number of nitrogens with zero attached hydrogens (tertiary/aromatic N) is 1. The highest BCUT2D eigenvalue weighted by Crippen LogP contribution is 2.20. The summed E-state index contributed by atoms with van der Waals surface area (Å²) in [5.41, 5.74) is 4.88. The van der Waals surface area contributed by atoms with Crippen molar-refractivity contribution in [1.82, 2.24) is 4.98 Å². The first kappa shape index (κ1) is 12.9. The van der Waals surface area contributed by atoms with E-state index < -0.39 is 29.0 Å². The number of hydrogen-bond acceptors (Lipinski definition) is 3. The molecule has 2 rings (SSSR count). The molecule has 0 spiro atoms. The van der Waals surface area contributed by atoms with Crippen molar-refractivity contribution in [3.63, 3.8) is 0 Å². The van der Waals surface area contributed by atoms with Gasteiger partial charge in [0.2, 0.25) is 0 Å². The highest BCUT2D eigenvalue weighted by atomic mass is 19.1. The van der Waals surface area contributed by atoms with E-state index in [1.807, 2.05) is 5.32 Å². The Morgan fingerprint density at radius 1 is 1.16 bits per heavy atom. The Bertz CT molecular complexity index is 623. The summed E-state index contributed by atoms with van der Waals surface area (Å²) in [7, 11) is 0. The predicted octanol–water partition coefficient (Wildman–Crippen LogP) is 2.33. The zero-order chi connectivity index (χ0) is 14.0. The molecular weight excluding hydrogens is 259 g/mol. The zero-order valence-corrected chi connectivity index (χ0v) is 9.45. The van der Waals surface area contributed by atoms with Gasteiger partial charge in [-0.15, -0.1) is 0 Å².